The van der Waals surface area contributed by atoms with Crippen LogP contribution in [0.15, 0.2) is 24.3 Å². The first-order valence-electron chi connectivity index (χ1n) is 5.66. The average molecular weight is 258 g/mol. The van der Waals surface area contributed by atoms with Gasteiger partial charge in [-0.3, -0.25) is 4.79 Å². The molecule has 1 atom stereocenters. The molecule has 0 aromatic heterocycles. The zero-order chi connectivity index (χ0) is 14.4. The van der Waals surface area contributed by atoms with Crippen molar-refractivity contribution in [3.63, 3.8) is 0 Å². The van der Waals surface area contributed by atoms with E-state index >= 15 is 0 Å². The summed E-state index contributed by atoms with van der Waals surface area (Å²) in [4.78, 5) is 19.9. The van der Waals surface area contributed by atoms with Crippen molar-refractivity contribution < 1.29 is 19.8 Å². The number of carboxylic acids is 2. The number of nitrogens with two attached hydrogens (primary N) is 2. The molecule has 104 valence electrons. The van der Waals surface area contributed by atoms with Gasteiger partial charge < -0.3 is 21.7 Å². The van der Waals surface area contributed by atoms with E-state index in [2.05, 4.69) is 0 Å². The Morgan fingerprint density at radius 3 is 2.22 bits per heavy atom. The van der Waals surface area contributed by atoms with E-state index in [1.807, 2.05) is 6.92 Å². The van der Waals surface area contributed by atoms with Crippen LogP contribution in [0.4, 0.5) is 0 Å². The number of allylic oxidation sites excluding steroid dienone is 3. The maximum Gasteiger partial charge on any atom is 0.328 e. The van der Waals surface area contributed by atoms with Gasteiger partial charge in [-0.25, -0.2) is 4.79 Å². The van der Waals surface area contributed by atoms with Crippen molar-refractivity contribution in [1.82, 2.24) is 0 Å². The molecule has 0 fully saturated rings. The second kappa shape index (κ2) is 13.4. The van der Waals surface area contributed by atoms with Gasteiger partial charge in [-0.2, -0.15) is 0 Å². The predicted molar refractivity (Wildman–Crippen MR) is 70.1 cm³/mol. The van der Waals surface area contributed by atoms with E-state index in [0.717, 1.165) is 18.9 Å². The van der Waals surface area contributed by atoms with Crippen LogP contribution < -0.4 is 11.5 Å². The Morgan fingerprint density at radius 2 is 1.83 bits per heavy atom. The molecular formula is C12H22N2O4. The Hall–Kier alpha value is -1.66. The van der Waals surface area contributed by atoms with E-state index in [4.69, 9.17) is 21.7 Å². The van der Waals surface area contributed by atoms with Crippen molar-refractivity contribution in [2.24, 2.45) is 11.5 Å². The van der Waals surface area contributed by atoms with Gasteiger partial charge in [0, 0.05) is 6.08 Å². The summed E-state index contributed by atoms with van der Waals surface area (Å²) in [5, 5.41) is 16.3. The van der Waals surface area contributed by atoms with E-state index < -0.39 is 18.0 Å². The summed E-state index contributed by atoms with van der Waals surface area (Å²) in [5.74, 6) is -1.85. The number of hydrogen-bond donors (Lipinski definition) is 4. The molecule has 0 amide bonds. The molecule has 0 aliphatic carbocycles. The van der Waals surface area contributed by atoms with E-state index in [-0.39, 0.29) is 0 Å². The molecular weight excluding hydrogens is 236 g/mol. The van der Waals surface area contributed by atoms with Crippen molar-refractivity contribution >= 4 is 11.9 Å². The third-order valence-electron chi connectivity index (χ3n) is 1.83. The maximum absolute atomic E-state index is 10.1. The van der Waals surface area contributed by atoms with E-state index in [1.54, 1.807) is 12.2 Å². The van der Waals surface area contributed by atoms with Crippen molar-refractivity contribution in [3.8, 4) is 0 Å². The second-order valence-electron chi connectivity index (χ2n) is 3.45. The van der Waals surface area contributed by atoms with Gasteiger partial charge in [0.2, 0.25) is 0 Å². The fourth-order valence-corrected chi connectivity index (χ4v) is 0.881. The molecule has 0 aliphatic heterocycles. The third kappa shape index (κ3) is 16.8. The molecule has 0 unspecified atom stereocenters. The molecule has 0 saturated heterocycles. The number of carbonyl (C=O) groups is 2. The Labute approximate surface area is 107 Å². The van der Waals surface area contributed by atoms with E-state index in [0.29, 0.717) is 13.0 Å². The molecule has 6 heteroatoms. The predicted octanol–water partition coefficient (Wildman–Crippen LogP) is 0.731. The molecule has 0 aromatic rings. The zero-order valence-electron chi connectivity index (χ0n) is 10.6. The fraction of sp³-hybridized carbons (Fsp3) is 0.500. The lowest BCUT2D eigenvalue weighted by atomic mass is 10.1. The van der Waals surface area contributed by atoms with Crippen molar-refractivity contribution in [3.05, 3.63) is 24.3 Å². The lowest BCUT2D eigenvalue weighted by Crippen LogP contribution is -2.29. The van der Waals surface area contributed by atoms with Crippen molar-refractivity contribution in [1.29, 1.82) is 0 Å². The Bertz CT molecular complexity index is 288. The molecule has 0 heterocycles. The SMILES string of the molecule is C/C=C/C=C/C(=O)O.NCCCC[C@H](N)C(=O)O. The van der Waals surface area contributed by atoms with Crippen LogP contribution in [0.25, 0.3) is 0 Å². The quantitative estimate of drug-likeness (QED) is 0.303. The molecule has 6 N–H and O–H groups in total. The molecule has 0 aliphatic rings. The van der Waals surface area contributed by atoms with Gasteiger partial charge in [-0.15, -0.1) is 0 Å². The molecule has 0 rings (SSSR count). The molecule has 18 heavy (non-hydrogen) atoms. The summed E-state index contributed by atoms with van der Waals surface area (Å²) in [6, 6.07) is -0.716. The summed E-state index contributed by atoms with van der Waals surface area (Å²) in [6.45, 7) is 2.43. The summed E-state index contributed by atoms with van der Waals surface area (Å²) in [5.41, 5.74) is 10.4. The number of hydrogen-bond acceptors (Lipinski definition) is 4. The van der Waals surface area contributed by atoms with E-state index in [1.165, 1.54) is 6.08 Å². The van der Waals surface area contributed by atoms with Gasteiger partial charge in [0.1, 0.15) is 6.04 Å². The summed E-state index contributed by atoms with van der Waals surface area (Å²) in [7, 11) is 0. The van der Waals surface area contributed by atoms with Crippen LogP contribution in [-0.4, -0.2) is 34.7 Å². The van der Waals surface area contributed by atoms with Crippen LogP contribution in [0, 0.1) is 0 Å². The number of unbranched alkanes of at least 4 members (excludes halogenated alkanes) is 1. The molecule has 6 nitrogen and oxygen atoms in total. The molecule has 0 bridgehead atoms. The lowest BCUT2D eigenvalue weighted by Gasteiger charge is -2.03. The first-order chi connectivity index (χ1) is 8.45. The van der Waals surface area contributed by atoms with Gasteiger partial charge >= 0.3 is 11.9 Å². The highest BCUT2D eigenvalue weighted by atomic mass is 16.4. The van der Waals surface area contributed by atoms with Gasteiger partial charge in [0.15, 0.2) is 0 Å². The Balaban J connectivity index is 0. The third-order valence-corrected chi connectivity index (χ3v) is 1.83. The van der Waals surface area contributed by atoms with Gasteiger partial charge in [0.05, 0.1) is 0 Å². The highest BCUT2D eigenvalue weighted by Crippen LogP contribution is 1.96. The standard InChI is InChI=1S/C6H14N2O2.C6H8O2/c7-4-2-1-3-5(8)6(9)10;1-2-3-4-5-6(7)8/h5H,1-4,7-8H2,(H,9,10);2-5H,1H3,(H,7,8)/b;3-2+,5-4+/t5-;/m0./s1. The number of carboxylic acid groups (broad SMARTS) is 2. The largest absolute Gasteiger partial charge is 0.480 e. The van der Waals surface area contributed by atoms with Crippen LogP contribution in [-0.2, 0) is 9.59 Å². The molecule has 0 radical (unpaired) electrons. The summed E-state index contributed by atoms with van der Waals surface area (Å²) >= 11 is 0. The lowest BCUT2D eigenvalue weighted by molar-refractivity contribution is -0.138. The van der Waals surface area contributed by atoms with Crippen molar-refractivity contribution in [2.45, 2.75) is 32.2 Å². The number of rotatable bonds is 7. The fourth-order valence-electron chi connectivity index (χ4n) is 0.881. The monoisotopic (exact) mass is 258 g/mol. The highest BCUT2D eigenvalue weighted by molar-refractivity contribution is 5.80. The maximum atomic E-state index is 10.1. The molecule has 0 saturated carbocycles. The van der Waals surface area contributed by atoms with Crippen molar-refractivity contribution in [2.75, 3.05) is 6.54 Å². The second-order valence-corrected chi connectivity index (χ2v) is 3.45. The normalized spacial score (nSPS) is 12.2. The van der Waals surface area contributed by atoms with Gasteiger partial charge in [-0.05, 0) is 26.3 Å². The van der Waals surface area contributed by atoms with Crippen LogP contribution >= 0.6 is 0 Å². The van der Waals surface area contributed by atoms with Crippen LogP contribution in [0.3, 0.4) is 0 Å². The van der Waals surface area contributed by atoms with Crippen LogP contribution in [0.1, 0.15) is 26.2 Å². The minimum atomic E-state index is -0.933. The van der Waals surface area contributed by atoms with Crippen LogP contribution in [0.5, 0.6) is 0 Å². The molecule has 0 spiro atoms. The first-order valence-corrected chi connectivity index (χ1v) is 5.66. The highest BCUT2D eigenvalue weighted by Gasteiger charge is 2.09. The Morgan fingerprint density at radius 1 is 1.22 bits per heavy atom. The Kier molecular flexibility index (Phi) is 13.9. The summed E-state index contributed by atoms with van der Waals surface area (Å²) < 4.78 is 0. The average Bonchev–Trinajstić information content (AvgIpc) is 2.30. The zero-order valence-corrected chi connectivity index (χ0v) is 10.6. The van der Waals surface area contributed by atoms with Crippen LogP contribution in [0.2, 0.25) is 0 Å². The van der Waals surface area contributed by atoms with Gasteiger partial charge in [0.25, 0.3) is 0 Å². The molecule has 0 aromatic carbocycles. The minimum absolute atomic E-state index is 0.520. The number of aliphatic carboxylic acids is 2. The summed E-state index contributed by atoms with van der Waals surface area (Å²) in [6.07, 6.45) is 8.15. The smallest absolute Gasteiger partial charge is 0.328 e. The van der Waals surface area contributed by atoms with Gasteiger partial charge in [-0.1, -0.05) is 24.6 Å². The first kappa shape index (κ1) is 18.7. The topological polar surface area (TPSA) is 127 Å². The van der Waals surface area contributed by atoms with E-state index in [9.17, 15) is 9.59 Å². The minimum Gasteiger partial charge on any atom is -0.480 e.